The Morgan fingerprint density at radius 3 is 2.50 bits per heavy atom. The van der Waals surface area contributed by atoms with E-state index in [1.54, 1.807) is 6.92 Å². The van der Waals surface area contributed by atoms with Crippen molar-refractivity contribution in [3.05, 3.63) is 0 Å². The average Bonchev–Trinajstić information content (AvgIpc) is 2.00. The Hall–Kier alpha value is -1.01. The zero-order valence-electron chi connectivity index (χ0n) is 7.72. The van der Waals surface area contributed by atoms with E-state index in [1.165, 1.54) is 0 Å². The molecule has 0 fully saturated rings. The molecule has 68 valence electrons. The molecule has 0 aliphatic carbocycles. The highest BCUT2D eigenvalue weighted by molar-refractivity contribution is 5.93. The Labute approximate surface area is 73.2 Å². The summed E-state index contributed by atoms with van der Waals surface area (Å²) in [5.41, 5.74) is 0. The Balaban J connectivity index is 4.00. The molecule has 0 bridgehead atoms. The molecule has 1 atom stereocenters. The maximum absolute atomic E-state index is 10.9. The molecule has 0 aliphatic heterocycles. The van der Waals surface area contributed by atoms with Gasteiger partial charge in [-0.05, 0) is 18.8 Å². The molecule has 0 spiro atoms. The monoisotopic (exact) mass is 169 g/mol. The first-order valence-electron chi connectivity index (χ1n) is 3.96. The normalized spacial score (nSPS) is 11.8. The van der Waals surface area contributed by atoms with Crippen molar-refractivity contribution in [2.75, 3.05) is 6.61 Å². The molecular weight excluding hydrogens is 154 g/mol. The van der Waals surface area contributed by atoms with E-state index in [4.69, 9.17) is 5.11 Å². The molecule has 0 radical (unpaired) electrons. The smallest absolute Gasteiger partial charge is 0.296 e. The number of carbonyl (C=O) groups excluding carboxylic acids is 1. The summed E-state index contributed by atoms with van der Waals surface area (Å²) in [5, 5.41) is 11.5. The molecule has 0 rings (SSSR count). The summed E-state index contributed by atoms with van der Waals surface area (Å²) in [6, 6.07) is -0.196. The largest absolute Gasteiger partial charge is 0.394 e. The molecule has 3 nitrogen and oxygen atoms in total. The van der Waals surface area contributed by atoms with Gasteiger partial charge >= 0.3 is 0 Å². The molecule has 0 unspecified atom stereocenters. The zero-order chi connectivity index (χ0) is 9.56. The lowest BCUT2D eigenvalue weighted by Crippen LogP contribution is -2.40. The molecular formula is C9H15NO2. The SMILES string of the molecule is CC#CC(=O)N[C@H](CO)C(C)C. The highest BCUT2D eigenvalue weighted by Crippen LogP contribution is 1.99. The van der Waals surface area contributed by atoms with Crippen LogP contribution in [0.5, 0.6) is 0 Å². The first-order chi connectivity index (χ1) is 5.61. The van der Waals surface area contributed by atoms with Gasteiger partial charge in [-0.25, -0.2) is 0 Å². The van der Waals surface area contributed by atoms with E-state index < -0.39 is 0 Å². The first-order valence-corrected chi connectivity index (χ1v) is 3.96. The standard InChI is InChI=1S/C9H15NO2/c1-4-5-9(12)10-8(6-11)7(2)3/h7-8,11H,6H2,1-3H3,(H,10,12)/t8-/m1/s1. The van der Waals surface area contributed by atoms with E-state index in [0.29, 0.717) is 0 Å². The molecule has 0 aromatic heterocycles. The maximum Gasteiger partial charge on any atom is 0.296 e. The third-order valence-electron chi connectivity index (χ3n) is 1.56. The van der Waals surface area contributed by atoms with E-state index in [1.807, 2.05) is 13.8 Å². The maximum atomic E-state index is 10.9. The quantitative estimate of drug-likeness (QED) is 0.590. The number of aliphatic hydroxyl groups excluding tert-OH is 1. The number of hydrogen-bond donors (Lipinski definition) is 2. The zero-order valence-corrected chi connectivity index (χ0v) is 7.72. The Kier molecular flexibility index (Phi) is 5.14. The van der Waals surface area contributed by atoms with E-state index in [0.717, 1.165) is 0 Å². The molecule has 0 aromatic rings. The second kappa shape index (κ2) is 5.62. The molecule has 0 saturated heterocycles. The van der Waals surface area contributed by atoms with E-state index in [9.17, 15) is 4.79 Å². The van der Waals surface area contributed by atoms with Gasteiger partial charge in [0.15, 0.2) is 0 Å². The van der Waals surface area contributed by atoms with Gasteiger partial charge in [0.1, 0.15) is 0 Å². The summed E-state index contributed by atoms with van der Waals surface area (Å²) < 4.78 is 0. The van der Waals surface area contributed by atoms with Crippen molar-refractivity contribution < 1.29 is 9.90 Å². The van der Waals surface area contributed by atoms with Gasteiger partial charge in [0.05, 0.1) is 12.6 Å². The van der Waals surface area contributed by atoms with E-state index >= 15 is 0 Å². The fourth-order valence-corrected chi connectivity index (χ4v) is 0.741. The summed E-state index contributed by atoms with van der Waals surface area (Å²) in [6.07, 6.45) is 0. The van der Waals surface area contributed by atoms with Gasteiger partial charge < -0.3 is 10.4 Å². The fourth-order valence-electron chi connectivity index (χ4n) is 0.741. The van der Waals surface area contributed by atoms with Gasteiger partial charge in [-0.3, -0.25) is 4.79 Å². The predicted molar refractivity (Wildman–Crippen MR) is 47.3 cm³/mol. The van der Waals surface area contributed by atoms with Gasteiger partial charge in [-0.1, -0.05) is 19.8 Å². The predicted octanol–water partition coefficient (Wildman–Crippen LogP) is 0.143. The van der Waals surface area contributed by atoms with Crippen LogP contribution in [-0.2, 0) is 4.79 Å². The van der Waals surface area contributed by atoms with Crippen LogP contribution in [0.25, 0.3) is 0 Å². The molecule has 0 saturated carbocycles. The van der Waals surface area contributed by atoms with Crippen LogP contribution >= 0.6 is 0 Å². The first kappa shape index (κ1) is 11.0. The molecule has 1 amide bonds. The number of amides is 1. The van der Waals surface area contributed by atoms with Crippen LogP contribution in [0.2, 0.25) is 0 Å². The summed E-state index contributed by atoms with van der Waals surface area (Å²) in [5.74, 6) is 4.74. The second-order valence-electron chi connectivity index (χ2n) is 2.88. The lowest BCUT2D eigenvalue weighted by molar-refractivity contribution is -0.117. The lowest BCUT2D eigenvalue weighted by Gasteiger charge is -2.17. The van der Waals surface area contributed by atoms with E-state index in [2.05, 4.69) is 17.2 Å². The summed E-state index contributed by atoms with van der Waals surface area (Å²) in [4.78, 5) is 10.9. The van der Waals surface area contributed by atoms with Crippen LogP contribution in [0.15, 0.2) is 0 Å². The topological polar surface area (TPSA) is 49.3 Å². The van der Waals surface area contributed by atoms with Crippen LogP contribution in [0.3, 0.4) is 0 Å². The van der Waals surface area contributed by atoms with Gasteiger partial charge in [-0.2, -0.15) is 0 Å². The fraction of sp³-hybridized carbons (Fsp3) is 0.667. The highest BCUT2D eigenvalue weighted by atomic mass is 16.3. The minimum Gasteiger partial charge on any atom is -0.394 e. The number of hydrogen-bond acceptors (Lipinski definition) is 2. The number of carbonyl (C=O) groups is 1. The molecule has 0 aromatic carbocycles. The van der Waals surface area contributed by atoms with Crippen molar-refractivity contribution >= 4 is 5.91 Å². The number of rotatable bonds is 3. The number of nitrogens with one attached hydrogen (secondary N) is 1. The van der Waals surface area contributed by atoms with Crippen molar-refractivity contribution in [2.24, 2.45) is 5.92 Å². The van der Waals surface area contributed by atoms with Crippen molar-refractivity contribution in [1.82, 2.24) is 5.32 Å². The molecule has 2 N–H and O–H groups in total. The van der Waals surface area contributed by atoms with Crippen molar-refractivity contribution in [3.8, 4) is 11.8 Å². The van der Waals surface area contributed by atoms with Crippen LogP contribution in [0.4, 0.5) is 0 Å². The summed E-state index contributed by atoms with van der Waals surface area (Å²) in [7, 11) is 0. The van der Waals surface area contributed by atoms with Crippen molar-refractivity contribution in [2.45, 2.75) is 26.8 Å². The van der Waals surface area contributed by atoms with Crippen molar-refractivity contribution in [1.29, 1.82) is 0 Å². The van der Waals surface area contributed by atoms with Gasteiger partial charge in [-0.15, -0.1) is 0 Å². The van der Waals surface area contributed by atoms with Crippen molar-refractivity contribution in [3.63, 3.8) is 0 Å². The Morgan fingerprint density at radius 2 is 2.17 bits per heavy atom. The minimum absolute atomic E-state index is 0.0468. The third-order valence-corrected chi connectivity index (χ3v) is 1.56. The molecule has 0 heterocycles. The van der Waals surface area contributed by atoms with Crippen LogP contribution in [-0.4, -0.2) is 23.7 Å². The van der Waals surface area contributed by atoms with Crippen LogP contribution in [0, 0.1) is 17.8 Å². The minimum atomic E-state index is -0.328. The van der Waals surface area contributed by atoms with Crippen LogP contribution < -0.4 is 5.32 Å². The van der Waals surface area contributed by atoms with Crippen LogP contribution in [0.1, 0.15) is 20.8 Å². The van der Waals surface area contributed by atoms with Gasteiger partial charge in [0, 0.05) is 0 Å². The highest BCUT2D eigenvalue weighted by Gasteiger charge is 2.12. The molecule has 3 heteroatoms. The Morgan fingerprint density at radius 1 is 1.58 bits per heavy atom. The summed E-state index contributed by atoms with van der Waals surface area (Å²) in [6.45, 7) is 5.42. The molecule has 0 aliphatic rings. The second-order valence-corrected chi connectivity index (χ2v) is 2.88. The average molecular weight is 169 g/mol. The lowest BCUT2D eigenvalue weighted by atomic mass is 10.1. The van der Waals surface area contributed by atoms with Gasteiger partial charge in [0.25, 0.3) is 5.91 Å². The third kappa shape index (κ3) is 3.99. The van der Waals surface area contributed by atoms with Gasteiger partial charge in [0.2, 0.25) is 0 Å². The van der Waals surface area contributed by atoms with E-state index in [-0.39, 0.29) is 24.5 Å². The molecule has 12 heavy (non-hydrogen) atoms. The summed E-state index contributed by atoms with van der Waals surface area (Å²) >= 11 is 0. The Bertz CT molecular complexity index is 200. The number of aliphatic hydroxyl groups is 1.